The molecule has 0 amide bonds. The lowest BCUT2D eigenvalue weighted by molar-refractivity contribution is 0.0821. The molecule has 120 valence electrons. The average Bonchev–Trinajstić information content (AvgIpc) is 2.59. The normalized spacial score (nSPS) is 15.9. The predicted octanol–water partition coefficient (Wildman–Crippen LogP) is 4.30. The van der Waals surface area contributed by atoms with E-state index in [1.165, 1.54) is 6.07 Å². The average molecular weight is 333 g/mol. The molecular weight excluding hydrogens is 313 g/mol. The van der Waals surface area contributed by atoms with Gasteiger partial charge in [-0.05, 0) is 35.1 Å². The first-order valence-electron chi connectivity index (χ1n) is 7.96. The maximum Gasteiger partial charge on any atom is 0.493 e. The number of benzene rings is 2. The molecule has 1 aliphatic heterocycles. The van der Waals surface area contributed by atoms with E-state index in [4.69, 9.17) is 20.9 Å². The minimum atomic E-state index is -0.408. The first kappa shape index (κ1) is 16.5. The highest BCUT2D eigenvalue weighted by molar-refractivity contribution is 6.61. The first-order valence-corrected chi connectivity index (χ1v) is 8.33. The molecule has 0 radical (unpaired) electrons. The van der Waals surface area contributed by atoms with Gasteiger partial charge >= 0.3 is 7.12 Å². The third-order valence-electron chi connectivity index (χ3n) is 4.10. The summed E-state index contributed by atoms with van der Waals surface area (Å²) < 4.78 is 25.2. The van der Waals surface area contributed by atoms with Crippen LogP contribution in [0, 0.1) is 11.7 Å². The third kappa shape index (κ3) is 3.95. The molecule has 0 spiro atoms. The fourth-order valence-electron chi connectivity index (χ4n) is 2.82. The molecule has 2 aromatic carbocycles. The molecule has 0 bridgehead atoms. The molecule has 1 aliphatic rings. The van der Waals surface area contributed by atoms with Gasteiger partial charge in [0.15, 0.2) is 0 Å². The lowest BCUT2D eigenvalue weighted by Crippen LogP contribution is -2.44. The van der Waals surface area contributed by atoms with Crippen molar-refractivity contribution in [1.82, 2.24) is 0 Å². The van der Waals surface area contributed by atoms with Crippen molar-refractivity contribution in [3.8, 4) is 11.1 Å². The van der Waals surface area contributed by atoms with Gasteiger partial charge in [-0.2, -0.15) is 0 Å². The molecule has 1 heterocycles. The summed E-state index contributed by atoms with van der Waals surface area (Å²) in [6.07, 6.45) is 2.28. The van der Waals surface area contributed by atoms with Gasteiger partial charge in [-0.15, -0.1) is 0 Å². The summed E-state index contributed by atoms with van der Waals surface area (Å²) in [7, 11) is -0.306. The summed E-state index contributed by atoms with van der Waals surface area (Å²) in [6.45, 7) is 3.65. The quantitative estimate of drug-likeness (QED) is 0.777. The second-order valence-electron chi connectivity index (χ2n) is 5.90. The standard InChI is InChI=1S/C18H19BClFO2/c1-2-3-13-11-22-19(23-12-13)16-7-4-14(5-8-16)15-6-9-17(20)18(21)10-15/h4-10,13H,2-3,11-12H2,1H3. The van der Waals surface area contributed by atoms with Crippen LogP contribution in [0.5, 0.6) is 0 Å². The molecule has 3 rings (SSSR count). The minimum absolute atomic E-state index is 0.135. The second kappa shape index (κ2) is 7.48. The molecule has 0 saturated carbocycles. The largest absolute Gasteiger partial charge is 0.493 e. The minimum Gasteiger partial charge on any atom is -0.407 e. The maximum atomic E-state index is 13.6. The Morgan fingerprint density at radius 2 is 1.74 bits per heavy atom. The monoisotopic (exact) mass is 332 g/mol. The molecule has 23 heavy (non-hydrogen) atoms. The van der Waals surface area contributed by atoms with Gasteiger partial charge in [0.2, 0.25) is 0 Å². The van der Waals surface area contributed by atoms with Crippen LogP contribution in [0.25, 0.3) is 11.1 Å². The van der Waals surface area contributed by atoms with Crippen LogP contribution < -0.4 is 5.46 Å². The highest BCUT2D eigenvalue weighted by atomic mass is 35.5. The van der Waals surface area contributed by atoms with E-state index in [0.29, 0.717) is 5.92 Å². The number of hydrogen-bond donors (Lipinski definition) is 0. The number of rotatable bonds is 4. The molecule has 1 fully saturated rings. The van der Waals surface area contributed by atoms with E-state index in [1.807, 2.05) is 30.3 Å². The third-order valence-corrected chi connectivity index (χ3v) is 4.41. The van der Waals surface area contributed by atoms with Gasteiger partial charge in [0.1, 0.15) is 5.82 Å². The van der Waals surface area contributed by atoms with Gasteiger partial charge in [0.25, 0.3) is 0 Å². The lowest BCUT2D eigenvalue weighted by Gasteiger charge is -2.27. The van der Waals surface area contributed by atoms with E-state index in [1.54, 1.807) is 6.07 Å². The van der Waals surface area contributed by atoms with Crippen LogP contribution in [0.2, 0.25) is 5.02 Å². The van der Waals surface area contributed by atoms with Gasteiger partial charge in [-0.3, -0.25) is 0 Å². The van der Waals surface area contributed by atoms with E-state index in [9.17, 15) is 4.39 Å². The summed E-state index contributed by atoms with van der Waals surface area (Å²) >= 11 is 5.72. The Morgan fingerprint density at radius 3 is 2.35 bits per heavy atom. The summed E-state index contributed by atoms with van der Waals surface area (Å²) in [4.78, 5) is 0. The van der Waals surface area contributed by atoms with Crippen LogP contribution in [0.1, 0.15) is 19.8 Å². The van der Waals surface area contributed by atoms with E-state index < -0.39 is 5.82 Å². The van der Waals surface area contributed by atoms with Gasteiger partial charge < -0.3 is 9.31 Å². The van der Waals surface area contributed by atoms with Gasteiger partial charge in [0.05, 0.1) is 5.02 Å². The zero-order valence-electron chi connectivity index (χ0n) is 13.1. The van der Waals surface area contributed by atoms with Crippen molar-refractivity contribution in [1.29, 1.82) is 0 Å². The Balaban J connectivity index is 1.69. The van der Waals surface area contributed by atoms with Crippen molar-refractivity contribution < 1.29 is 13.7 Å². The summed E-state index contributed by atoms with van der Waals surface area (Å²) in [6, 6.07) is 12.6. The zero-order valence-corrected chi connectivity index (χ0v) is 13.9. The number of hydrogen-bond acceptors (Lipinski definition) is 2. The van der Waals surface area contributed by atoms with Crippen LogP contribution in [-0.4, -0.2) is 20.3 Å². The molecule has 1 saturated heterocycles. The topological polar surface area (TPSA) is 18.5 Å². The van der Waals surface area contributed by atoms with Crippen LogP contribution in [0.4, 0.5) is 4.39 Å². The Bertz CT molecular complexity index is 655. The fraction of sp³-hybridized carbons (Fsp3) is 0.333. The fourth-order valence-corrected chi connectivity index (χ4v) is 2.94. The molecule has 0 aliphatic carbocycles. The molecule has 0 N–H and O–H groups in total. The van der Waals surface area contributed by atoms with Crippen molar-refractivity contribution in [3.05, 3.63) is 53.3 Å². The van der Waals surface area contributed by atoms with Gasteiger partial charge in [0, 0.05) is 19.1 Å². The second-order valence-corrected chi connectivity index (χ2v) is 6.31. The van der Waals surface area contributed by atoms with Crippen LogP contribution in [0.15, 0.2) is 42.5 Å². The van der Waals surface area contributed by atoms with Crippen molar-refractivity contribution in [2.24, 2.45) is 5.92 Å². The van der Waals surface area contributed by atoms with Crippen molar-refractivity contribution in [2.75, 3.05) is 13.2 Å². The Kier molecular flexibility index (Phi) is 5.36. The smallest absolute Gasteiger partial charge is 0.407 e. The highest BCUT2D eigenvalue weighted by Gasteiger charge is 2.28. The summed E-state index contributed by atoms with van der Waals surface area (Å²) in [5.74, 6) is 0.0849. The Hall–Kier alpha value is -1.36. The lowest BCUT2D eigenvalue weighted by atomic mass is 9.76. The SMILES string of the molecule is CCCC1COB(c2ccc(-c3ccc(Cl)c(F)c3)cc2)OC1. The van der Waals surface area contributed by atoms with Crippen molar-refractivity contribution in [3.63, 3.8) is 0 Å². The molecule has 2 nitrogen and oxygen atoms in total. The van der Waals surface area contributed by atoms with Crippen molar-refractivity contribution >= 4 is 24.2 Å². The zero-order chi connectivity index (χ0) is 16.2. The van der Waals surface area contributed by atoms with E-state index in [-0.39, 0.29) is 12.1 Å². The van der Waals surface area contributed by atoms with E-state index in [0.717, 1.165) is 42.6 Å². The van der Waals surface area contributed by atoms with Gasteiger partial charge in [-0.25, -0.2) is 4.39 Å². The molecule has 0 aromatic heterocycles. The molecule has 5 heteroatoms. The van der Waals surface area contributed by atoms with Crippen LogP contribution in [0.3, 0.4) is 0 Å². The van der Waals surface area contributed by atoms with Crippen molar-refractivity contribution in [2.45, 2.75) is 19.8 Å². The molecule has 0 atom stereocenters. The maximum absolute atomic E-state index is 13.6. The molecular formula is C18H19BClFO2. The first-order chi connectivity index (χ1) is 11.2. The van der Waals surface area contributed by atoms with E-state index >= 15 is 0 Å². The van der Waals surface area contributed by atoms with Gasteiger partial charge in [-0.1, -0.05) is 55.3 Å². The van der Waals surface area contributed by atoms with E-state index in [2.05, 4.69) is 6.92 Å². The summed E-state index contributed by atoms with van der Waals surface area (Å²) in [5, 5.41) is 0.135. The molecule has 0 unspecified atom stereocenters. The predicted molar refractivity (Wildman–Crippen MR) is 92.5 cm³/mol. The summed E-state index contributed by atoms with van der Waals surface area (Å²) in [5.41, 5.74) is 2.72. The van der Waals surface area contributed by atoms with Crippen LogP contribution in [-0.2, 0) is 9.31 Å². The van der Waals surface area contributed by atoms with Crippen LogP contribution >= 0.6 is 11.6 Å². The highest BCUT2D eigenvalue weighted by Crippen LogP contribution is 2.24. The molecule has 2 aromatic rings. The Morgan fingerprint density at radius 1 is 1.09 bits per heavy atom. The number of halogens is 2. The Labute approximate surface area is 141 Å².